The van der Waals surface area contributed by atoms with Gasteiger partial charge in [0.1, 0.15) is 29.5 Å². The van der Waals surface area contributed by atoms with Crippen LogP contribution < -0.4 is 37.3 Å². The van der Waals surface area contributed by atoms with Gasteiger partial charge in [-0.2, -0.15) is 0 Å². The Balaban J connectivity index is 1.55. The van der Waals surface area contributed by atoms with Gasteiger partial charge in [0.2, 0.25) is 11.8 Å². The van der Waals surface area contributed by atoms with Gasteiger partial charge in [-0.3, -0.25) is 14.5 Å². The molecule has 13 nitrogen and oxygen atoms in total. The van der Waals surface area contributed by atoms with E-state index in [1.165, 1.54) is 31.4 Å². The topological polar surface area (TPSA) is 198 Å². The summed E-state index contributed by atoms with van der Waals surface area (Å²) in [7, 11) is 1.44. The van der Waals surface area contributed by atoms with E-state index in [4.69, 9.17) is 26.7 Å². The highest BCUT2D eigenvalue weighted by molar-refractivity contribution is 5.96. The quantitative estimate of drug-likeness (QED) is 0.110. The lowest BCUT2D eigenvalue weighted by Gasteiger charge is -2.34. The van der Waals surface area contributed by atoms with Crippen LogP contribution in [0.15, 0.2) is 36.4 Å². The Labute approximate surface area is 257 Å². The molecule has 1 heterocycles. The average molecular weight is 608 g/mol. The zero-order chi connectivity index (χ0) is 32.2. The average Bonchev–Trinajstić information content (AvgIpc) is 2.99. The summed E-state index contributed by atoms with van der Waals surface area (Å²) in [6, 6.07) is 5.76. The summed E-state index contributed by atoms with van der Waals surface area (Å²) in [5.74, 6) is 5.20. The van der Waals surface area contributed by atoms with Crippen LogP contribution in [0.1, 0.15) is 34.6 Å². The summed E-state index contributed by atoms with van der Waals surface area (Å²) < 4.78 is 11.1. The molecule has 0 spiro atoms. The number of hydrogen-bond donors (Lipinski definition) is 6. The number of aromatic carboxylic acids is 1. The number of carboxylic acid groups (broad SMARTS) is 1. The van der Waals surface area contributed by atoms with Crippen LogP contribution in [0.3, 0.4) is 0 Å². The molecule has 2 aromatic carbocycles. The summed E-state index contributed by atoms with van der Waals surface area (Å²) in [5, 5.41) is 15.5. The fourth-order valence-corrected chi connectivity index (χ4v) is 4.51. The number of amides is 2. The van der Waals surface area contributed by atoms with Gasteiger partial charge in [-0.1, -0.05) is 37.8 Å². The van der Waals surface area contributed by atoms with Crippen molar-refractivity contribution in [1.29, 1.82) is 0 Å². The number of nitrogens with zero attached hydrogens (tertiary/aromatic N) is 2. The third-order valence-electron chi connectivity index (χ3n) is 6.88. The van der Waals surface area contributed by atoms with E-state index in [1.54, 1.807) is 0 Å². The molecule has 0 unspecified atom stereocenters. The van der Waals surface area contributed by atoms with Crippen molar-refractivity contribution in [1.82, 2.24) is 9.80 Å². The lowest BCUT2D eigenvalue weighted by Crippen LogP contribution is -2.49. The smallest absolute Gasteiger partial charge is 0.335 e. The number of carboxylic acids is 1. The van der Waals surface area contributed by atoms with Gasteiger partial charge in [-0.15, -0.1) is 0 Å². The molecule has 44 heavy (non-hydrogen) atoms. The lowest BCUT2D eigenvalue weighted by molar-refractivity contribution is -0.136. The number of nitrogens with one attached hydrogen (secondary N) is 2. The van der Waals surface area contributed by atoms with Gasteiger partial charge >= 0.3 is 5.97 Å². The molecule has 0 saturated carbocycles. The molecule has 2 amide bonds. The zero-order valence-corrected chi connectivity index (χ0v) is 25.3. The number of hydrogen-bond acceptors (Lipinski definition) is 10. The van der Waals surface area contributed by atoms with Crippen molar-refractivity contribution in [2.75, 3.05) is 81.6 Å². The third kappa shape index (κ3) is 9.20. The third-order valence-corrected chi connectivity index (χ3v) is 6.88. The molecule has 13 heteroatoms. The predicted octanol–water partition coefficient (Wildman–Crippen LogP) is 1.92. The van der Waals surface area contributed by atoms with Crippen molar-refractivity contribution in [2.45, 2.75) is 13.8 Å². The molecular formula is C31H41N7O6. The van der Waals surface area contributed by atoms with Crippen LogP contribution in [0.25, 0.3) is 0 Å². The second-order valence-electron chi connectivity index (χ2n) is 10.4. The van der Waals surface area contributed by atoms with E-state index >= 15 is 0 Å². The molecule has 1 aliphatic heterocycles. The minimum absolute atomic E-state index is 0.00525. The molecule has 236 valence electrons. The molecule has 3 rings (SSSR count). The van der Waals surface area contributed by atoms with Crippen LogP contribution in [-0.2, 0) is 4.79 Å². The number of primary amides is 1. The van der Waals surface area contributed by atoms with Crippen molar-refractivity contribution in [3.8, 4) is 23.3 Å². The maximum atomic E-state index is 12.2. The Morgan fingerprint density at radius 2 is 1.50 bits per heavy atom. The van der Waals surface area contributed by atoms with Crippen molar-refractivity contribution >= 4 is 40.5 Å². The molecule has 0 atom stereocenters. The van der Waals surface area contributed by atoms with Crippen LogP contribution >= 0.6 is 0 Å². The molecule has 0 aromatic heterocycles. The largest absolute Gasteiger partial charge is 0.494 e. The summed E-state index contributed by atoms with van der Waals surface area (Å²) in [5.41, 5.74) is 19.5. The van der Waals surface area contributed by atoms with Crippen LogP contribution in [0, 0.1) is 17.8 Å². The maximum Gasteiger partial charge on any atom is 0.335 e. The first-order valence-corrected chi connectivity index (χ1v) is 14.2. The predicted molar refractivity (Wildman–Crippen MR) is 171 cm³/mol. The van der Waals surface area contributed by atoms with Gasteiger partial charge in [-0.25, -0.2) is 4.79 Å². The van der Waals surface area contributed by atoms with Crippen LogP contribution in [0.5, 0.6) is 11.5 Å². The van der Waals surface area contributed by atoms with E-state index in [1.807, 2.05) is 30.9 Å². The Kier molecular flexibility index (Phi) is 12.1. The number of methoxy groups -OCH3 is 1. The van der Waals surface area contributed by atoms with Crippen molar-refractivity contribution in [3.63, 3.8) is 0 Å². The number of anilines is 4. The highest BCUT2D eigenvalue weighted by Gasteiger charge is 2.22. The van der Waals surface area contributed by atoms with Gasteiger partial charge in [0.15, 0.2) is 0 Å². The Hall–Kier alpha value is -5.09. The number of carbonyl (C=O) groups is 3. The number of benzene rings is 2. The highest BCUT2D eigenvalue weighted by Crippen LogP contribution is 2.33. The molecule has 0 aliphatic carbocycles. The normalized spacial score (nSPS) is 13.3. The zero-order valence-electron chi connectivity index (χ0n) is 25.3. The van der Waals surface area contributed by atoms with E-state index in [0.29, 0.717) is 61.3 Å². The number of rotatable bonds is 13. The number of nitrogen functional groups attached to an aromatic ring is 2. The summed E-state index contributed by atoms with van der Waals surface area (Å²) in [4.78, 5) is 39.3. The van der Waals surface area contributed by atoms with Crippen LogP contribution in [-0.4, -0.2) is 92.2 Å². The fraction of sp³-hybridized carbons (Fsp3) is 0.387. The van der Waals surface area contributed by atoms with Gasteiger partial charge in [0.25, 0.3) is 0 Å². The lowest BCUT2D eigenvalue weighted by atomic mass is 10.1. The van der Waals surface area contributed by atoms with Crippen LogP contribution in [0.4, 0.5) is 22.7 Å². The first-order chi connectivity index (χ1) is 21.0. The SMILES string of the molecule is COc1cc(C(=O)O)cc(N)c1NCC=CCNc1c(N)cc(C(N)=O)cc1OCC#CCN1CCN(C(=O)C(C)C)CC1. The Bertz CT molecular complexity index is 1440. The minimum atomic E-state index is -1.10. The second-order valence-corrected chi connectivity index (χ2v) is 10.4. The molecule has 1 fully saturated rings. The first-order valence-electron chi connectivity index (χ1n) is 14.2. The summed E-state index contributed by atoms with van der Waals surface area (Å²) in [6.07, 6.45) is 3.69. The standard InChI is InChI=1S/C31H41N7O6/c1-20(2)30(40)38-13-11-37(12-14-38)10-6-7-15-44-26-18-21(29(34)39)16-23(32)28(26)36-9-5-4-8-35-27-24(33)17-22(31(41)42)19-25(27)43-3/h4-5,16-20,35-36H,8-15,32-33H2,1-3H3,(H2,34,39)(H,41,42). The number of piperazine rings is 1. The maximum absolute atomic E-state index is 12.2. The van der Waals surface area contributed by atoms with Gasteiger partial charge < -0.3 is 47.3 Å². The van der Waals surface area contributed by atoms with E-state index in [0.717, 1.165) is 13.1 Å². The Morgan fingerprint density at radius 3 is 2.05 bits per heavy atom. The van der Waals surface area contributed by atoms with Gasteiger partial charge in [0.05, 0.1) is 30.6 Å². The van der Waals surface area contributed by atoms with Gasteiger partial charge in [0, 0.05) is 50.7 Å². The van der Waals surface area contributed by atoms with Crippen molar-refractivity contribution in [3.05, 3.63) is 47.5 Å². The first kappa shape index (κ1) is 33.4. The molecule has 1 aliphatic rings. The minimum Gasteiger partial charge on any atom is -0.494 e. The van der Waals surface area contributed by atoms with Gasteiger partial charge in [-0.05, 0) is 24.3 Å². The summed E-state index contributed by atoms with van der Waals surface area (Å²) >= 11 is 0. The molecule has 0 bridgehead atoms. The van der Waals surface area contributed by atoms with E-state index in [-0.39, 0.29) is 35.2 Å². The fourth-order valence-electron chi connectivity index (χ4n) is 4.51. The highest BCUT2D eigenvalue weighted by atomic mass is 16.5. The molecule has 1 saturated heterocycles. The van der Waals surface area contributed by atoms with Crippen molar-refractivity contribution in [2.24, 2.45) is 11.7 Å². The van der Waals surface area contributed by atoms with Crippen molar-refractivity contribution < 1.29 is 29.0 Å². The van der Waals surface area contributed by atoms with E-state index in [2.05, 4.69) is 27.4 Å². The van der Waals surface area contributed by atoms with E-state index < -0.39 is 11.9 Å². The number of carbonyl (C=O) groups excluding carboxylic acids is 2. The second kappa shape index (κ2) is 15.9. The monoisotopic (exact) mass is 607 g/mol. The van der Waals surface area contributed by atoms with Crippen LogP contribution in [0.2, 0.25) is 0 Å². The molecule has 9 N–H and O–H groups in total. The number of nitrogens with two attached hydrogens (primary N) is 3. The summed E-state index contributed by atoms with van der Waals surface area (Å²) in [6.45, 7) is 8.12. The molecule has 2 aromatic rings. The molecule has 0 radical (unpaired) electrons. The van der Waals surface area contributed by atoms with E-state index in [9.17, 15) is 19.5 Å². The Morgan fingerprint density at radius 1 is 0.932 bits per heavy atom. The molecular weight excluding hydrogens is 566 g/mol. The number of ether oxygens (including phenoxy) is 2.